The second-order valence-electron chi connectivity index (χ2n) is 4.37. The molecule has 3 N–H and O–H groups in total. The van der Waals surface area contributed by atoms with Gasteiger partial charge in [-0.2, -0.15) is 0 Å². The van der Waals surface area contributed by atoms with Gasteiger partial charge >= 0.3 is 5.97 Å². The maximum atomic E-state index is 12.1. The van der Waals surface area contributed by atoms with Crippen molar-refractivity contribution in [2.24, 2.45) is 0 Å². The van der Waals surface area contributed by atoms with Gasteiger partial charge in [-0.3, -0.25) is 4.79 Å². The van der Waals surface area contributed by atoms with Gasteiger partial charge in [-0.15, -0.1) is 0 Å². The van der Waals surface area contributed by atoms with E-state index in [0.29, 0.717) is 5.75 Å². The molecule has 1 atom stereocenters. The molecule has 0 unspecified atom stereocenters. The van der Waals surface area contributed by atoms with Crippen LogP contribution >= 0.6 is 0 Å². The molecule has 1 heterocycles. The molecule has 0 aliphatic rings. The van der Waals surface area contributed by atoms with Gasteiger partial charge in [0.25, 0.3) is 5.91 Å². The minimum atomic E-state index is -1.23. The van der Waals surface area contributed by atoms with Crippen molar-refractivity contribution in [1.29, 1.82) is 0 Å². The van der Waals surface area contributed by atoms with Gasteiger partial charge in [-0.25, -0.2) is 9.78 Å². The molecule has 0 radical (unpaired) electrons. The number of imidazole rings is 1. The number of H-pyrrole nitrogens is 1. The van der Waals surface area contributed by atoms with Crippen LogP contribution in [0.5, 0.6) is 5.75 Å². The number of para-hydroxylation sites is 1. The van der Waals surface area contributed by atoms with Gasteiger partial charge in [0.2, 0.25) is 0 Å². The number of benzene rings is 1. The third kappa shape index (κ3) is 3.02. The van der Waals surface area contributed by atoms with Crippen LogP contribution in [0.2, 0.25) is 0 Å². The molecular formula is C14H15N3O4. The van der Waals surface area contributed by atoms with E-state index < -0.39 is 11.9 Å². The van der Waals surface area contributed by atoms with Crippen LogP contribution in [-0.4, -0.2) is 34.1 Å². The van der Waals surface area contributed by atoms with Crippen molar-refractivity contribution >= 4 is 11.9 Å². The lowest BCUT2D eigenvalue weighted by atomic mass is 10.1. The lowest BCUT2D eigenvalue weighted by Crippen LogP contribution is -2.28. The highest BCUT2D eigenvalue weighted by molar-refractivity contribution is 6.02. The topological polar surface area (TPSA) is 104 Å². The van der Waals surface area contributed by atoms with Crippen molar-refractivity contribution < 1.29 is 19.4 Å². The minimum Gasteiger partial charge on any atom is -0.496 e. The second-order valence-corrected chi connectivity index (χ2v) is 4.37. The number of nitrogens with one attached hydrogen (secondary N) is 2. The van der Waals surface area contributed by atoms with Gasteiger partial charge in [0.15, 0.2) is 11.4 Å². The number of carboxylic acid groups (broad SMARTS) is 1. The molecule has 0 saturated heterocycles. The largest absolute Gasteiger partial charge is 0.496 e. The molecule has 0 aliphatic carbocycles. The van der Waals surface area contributed by atoms with E-state index in [1.54, 1.807) is 20.1 Å². The summed E-state index contributed by atoms with van der Waals surface area (Å²) < 4.78 is 5.23. The molecule has 1 aromatic heterocycles. The zero-order valence-corrected chi connectivity index (χ0v) is 11.6. The Morgan fingerprint density at radius 3 is 2.76 bits per heavy atom. The number of aromatic nitrogens is 2. The number of aromatic carboxylic acids is 1. The lowest BCUT2D eigenvalue weighted by Gasteiger charge is -2.16. The van der Waals surface area contributed by atoms with Crippen molar-refractivity contribution in [2.45, 2.75) is 13.0 Å². The van der Waals surface area contributed by atoms with Gasteiger partial charge in [0.05, 0.1) is 19.5 Å². The summed E-state index contributed by atoms with van der Waals surface area (Å²) in [6.07, 6.45) is 1.17. The van der Waals surface area contributed by atoms with Crippen LogP contribution in [0, 0.1) is 0 Å². The molecule has 110 valence electrons. The summed E-state index contributed by atoms with van der Waals surface area (Å²) in [7, 11) is 1.55. The standard InChI is InChI=1S/C14H15N3O4/c1-8(9-5-3-4-6-10(9)21-2)17-13(18)11-12(14(19)20)16-7-15-11/h3-8H,1-2H3,(H,15,16)(H,17,18)(H,19,20)/t8-/m1/s1. The first-order valence-corrected chi connectivity index (χ1v) is 6.25. The smallest absolute Gasteiger partial charge is 0.354 e. The normalized spacial score (nSPS) is 11.7. The first-order valence-electron chi connectivity index (χ1n) is 6.25. The van der Waals surface area contributed by atoms with Gasteiger partial charge in [0.1, 0.15) is 5.75 Å². The Hall–Kier alpha value is -2.83. The Morgan fingerprint density at radius 1 is 1.38 bits per heavy atom. The SMILES string of the molecule is COc1ccccc1[C@@H](C)NC(=O)c1nc[nH]c1C(=O)O. The van der Waals surface area contributed by atoms with Crippen LogP contribution < -0.4 is 10.1 Å². The van der Waals surface area contributed by atoms with Crippen LogP contribution in [0.1, 0.15) is 39.5 Å². The van der Waals surface area contributed by atoms with E-state index in [-0.39, 0.29) is 17.4 Å². The van der Waals surface area contributed by atoms with E-state index in [1.165, 1.54) is 6.33 Å². The maximum Gasteiger partial charge on any atom is 0.354 e. The summed E-state index contributed by atoms with van der Waals surface area (Å²) in [4.78, 5) is 29.3. The number of hydrogen-bond donors (Lipinski definition) is 3. The third-order valence-corrected chi connectivity index (χ3v) is 3.02. The van der Waals surface area contributed by atoms with E-state index in [0.717, 1.165) is 5.56 Å². The van der Waals surface area contributed by atoms with Crippen molar-refractivity contribution in [2.75, 3.05) is 7.11 Å². The fourth-order valence-corrected chi connectivity index (χ4v) is 2.00. The second kappa shape index (κ2) is 6.08. The fourth-order valence-electron chi connectivity index (χ4n) is 2.00. The highest BCUT2D eigenvalue weighted by Gasteiger charge is 2.22. The first kappa shape index (κ1) is 14.6. The molecule has 2 rings (SSSR count). The van der Waals surface area contributed by atoms with Crippen molar-refractivity contribution in [1.82, 2.24) is 15.3 Å². The summed E-state index contributed by atoms with van der Waals surface area (Å²) in [5.41, 5.74) is 0.407. The number of carboxylic acids is 1. The summed E-state index contributed by atoms with van der Waals surface area (Å²) in [5.74, 6) is -1.15. The number of carbonyl (C=O) groups excluding carboxylic acids is 1. The van der Waals surface area contributed by atoms with Gasteiger partial charge in [-0.05, 0) is 13.0 Å². The minimum absolute atomic E-state index is 0.149. The summed E-state index contributed by atoms with van der Waals surface area (Å²) in [6.45, 7) is 1.78. The zero-order valence-electron chi connectivity index (χ0n) is 11.6. The predicted molar refractivity (Wildman–Crippen MR) is 74.4 cm³/mol. The van der Waals surface area contributed by atoms with Crippen LogP contribution in [-0.2, 0) is 0 Å². The monoisotopic (exact) mass is 289 g/mol. The Balaban J connectivity index is 2.19. The summed E-state index contributed by atoms with van der Waals surface area (Å²) in [5, 5.41) is 11.7. The summed E-state index contributed by atoms with van der Waals surface area (Å²) in [6, 6.07) is 6.92. The zero-order chi connectivity index (χ0) is 15.4. The average molecular weight is 289 g/mol. The maximum absolute atomic E-state index is 12.1. The molecule has 7 heteroatoms. The van der Waals surface area contributed by atoms with Gasteiger partial charge in [-0.1, -0.05) is 18.2 Å². The highest BCUT2D eigenvalue weighted by atomic mass is 16.5. The molecule has 1 amide bonds. The Morgan fingerprint density at radius 2 is 2.10 bits per heavy atom. The molecule has 7 nitrogen and oxygen atoms in total. The highest BCUT2D eigenvalue weighted by Crippen LogP contribution is 2.24. The molecule has 2 aromatic rings. The Bertz CT molecular complexity index is 666. The molecule has 0 spiro atoms. The first-order chi connectivity index (χ1) is 10.0. The van der Waals surface area contributed by atoms with E-state index >= 15 is 0 Å². The quantitative estimate of drug-likeness (QED) is 0.775. The van der Waals surface area contributed by atoms with Crippen LogP contribution in [0.3, 0.4) is 0 Å². The number of carbonyl (C=O) groups is 2. The molecule has 1 aromatic carbocycles. The third-order valence-electron chi connectivity index (χ3n) is 3.02. The van der Waals surface area contributed by atoms with Crippen LogP contribution in [0.25, 0.3) is 0 Å². The van der Waals surface area contributed by atoms with E-state index in [4.69, 9.17) is 9.84 Å². The fraction of sp³-hybridized carbons (Fsp3) is 0.214. The van der Waals surface area contributed by atoms with Crippen LogP contribution in [0.15, 0.2) is 30.6 Å². The van der Waals surface area contributed by atoms with Crippen molar-refractivity contribution in [3.05, 3.63) is 47.5 Å². The number of aromatic amines is 1. The summed E-state index contributed by atoms with van der Waals surface area (Å²) >= 11 is 0. The van der Waals surface area contributed by atoms with E-state index in [2.05, 4.69) is 15.3 Å². The predicted octanol–water partition coefficient (Wildman–Crippen LogP) is 1.61. The van der Waals surface area contributed by atoms with Crippen LogP contribution in [0.4, 0.5) is 0 Å². The van der Waals surface area contributed by atoms with Crippen molar-refractivity contribution in [3.63, 3.8) is 0 Å². The Kier molecular flexibility index (Phi) is 4.22. The molecule has 21 heavy (non-hydrogen) atoms. The average Bonchev–Trinajstić information content (AvgIpc) is 2.96. The number of methoxy groups -OCH3 is 1. The van der Waals surface area contributed by atoms with E-state index in [1.807, 2.05) is 18.2 Å². The van der Waals surface area contributed by atoms with Gasteiger partial charge < -0.3 is 20.1 Å². The Labute approximate surface area is 121 Å². The molecular weight excluding hydrogens is 274 g/mol. The molecule has 0 fully saturated rings. The van der Waals surface area contributed by atoms with E-state index in [9.17, 15) is 9.59 Å². The number of rotatable bonds is 5. The number of ether oxygens (including phenoxy) is 1. The molecule has 0 saturated carbocycles. The number of nitrogens with zero attached hydrogens (tertiary/aromatic N) is 1. The van der Waals surface area contributed by atoms with Gasteiger partial charge in [0, 0.05) is 5.56 Å². The molecule has 0 bridgehead atoms. The lowest BCUT2D eigenvalue weighted by molar-refractivity contribution is 0.0684. The number of amides is 1. The molecule has 0 aliphatic heterocycles. The number of hydrogen-bond acceptors (Lipinski definition) is 4. The van der Waals surface area contributed by atoms with Crippen molar-refractivity contribution in [3.8, 4) is 5.75 Å².